The van der Waals surface area contributed by atoms with Crippen molar-refractivity contribution in [1.82, 2.24) is 10.2 Å². The Labute approximate surface area is 160 Å². The summed E-state index contributed by atoms with van der Waals surface area (Å²) in [4.78, 5) is 8.99. The minimum atomic E-state index is -0.408. The molecule has 0 radical (unpaired) electrons. The third-order valence-corrected chi connectivity index (χ3v) is 5.52. The maximum Gasteiger partial charge on any atom is 0.194 e. The van der Waals surface area contributed by atoms with Crippen LogP contribution in [0.1, 0.15) is 26.2 Å². The Morgan fingerprint density at radius 1 is 1.22 bits per heavy atom. The van der Waals surface area contributed by atoms with Gasteiger partial charge in [0.15, 0.2) is 5.96 Å². The number of piperazine rings is 1. The highest BCUT2D eigenvalue weighted by Crippen LogP contribution is 2.49. The van der Waals surface area contributed by atoms with Gasteiger partial charge in [-0.05, 0) is 43.7 Å². The van der Waals surface area contributed by atoms with Crippen molar-refractivity contribution in [3.05, 3.63) is 29.8 Å². The number of nitrogens with one attached hydrogen (secondary N) is 1. The van der Waals surface area contributed by atoms with Gasteiger partial charge in [-0.2, -0.15) is 0 Å². The Hall–Kier alpha value is -1.89. The number of halogens is 2. The second-order valence-electron chi connectivity index (χ2n) is 7.48. The van der Waals surface area contributed by atoms with Crippen LogP contribution < -0.4 is 10.2 Å². The molecule has 1 saturated heterocycles. The van der Waals surface area contributed by atoms with E-state index in [-0.39, 0.29) is 5.82 Å². The summed E-state index contributed by atoms with van der Waals surface area (Å²) >= 11 is 0. The summed E-state index contributed by atoms with van der Waals surface area (Å²) in [5, 5.41) is 3.38. The largest absolute Gasteiger partial charge is 0.385 e. The molecule has 1 aromatic rings. The summed E-state index contributed by atoms with van der Waals surface area (Å²) in [6.45, 7) is 7.20. The van der Waals surface area contributed by atoms with Crippen molar-refractivity contribution in [1.29, 1.82) is 0 Å². The molecular weight excluding hydrogens is 350 g/mol. The van der Waals surface area contributed by atoms with Crippen LogP contribution in [0.5, 0.6) is 0 Å². The second-order valence-corrected chi connectivity index (χ2v) is 7.48. The molecule has 1 N–H and O–H groups in total. The van der Waals surface area contributed by atoms with Crippen molar-refractivity contribution in [2.45, 2.75) is 26.2 Å². The van der Waals surface area contributed by atoms with Crippen LogP contribution in [0, 0.1) is 17.0 Å². The average Bonchev–Trinajstić information content (AvgIpc) is 3.46. The Kier molecular flexibility index (Phi) is 6.52. The van der Waals surface area contributed by atoms with Crippen LogP contribution in [-0.2, 0) is 4.74 Å². The number of ether oxygens (including phenoxy) is 1. The molecule has 1 heterocycles. The summed E-state index contributed by atoms with van der Waals surface area (Å²) < 4.78 is 32.7. The maximum atomic E-state index is 14.0. The Morgan fingerprint density at radius 2 is 1.96 bits per heavy atom. The first kappa shape index (κ1) is 19.9. The third kappa shape index (κ3) is 5.09. The van der Waals surface area contributed by atoms with Gasteiger partial charge in [-0.15, -0.1) is 0 Å². The standard InChI is InChI=1S/C20H30F2N4O/c1-3-23-19(24-15-20(6-7-20)8-13-27-2)26-11-9-25(10-12-26)18-14-16(21)4-5-17(18)22/h4-5,14H,3,6-13,15H2,1-2H3,(H,23,24). The highest BCUT2D eigenvalue weighted by molar-refractivity contribution is 5.80. The number of hydrogen-bond donors (Lipinski definition) is 1. The summed E-state index contributed by atoms with van der Waals surface area (Å²) in [5.41, 5.74) is 0.650. The quantitative estimate of drug-likeness (QED) is 0.583. The van der Waals surface area contributed by atoms with Crippen LogP contribution in [0.15, 0.2) is 23.2 Å². The Balaban J connectivity index is 1.60. The van der Waals surface area contributed by atoms with Gasteiger partial charge in [0, 0.05) is 59.1 Å². The first-order valence-corrected chi connectivity index (χ1v) is 9.79. The van der Waals surface area contributed by atoms with E-state index in [1.165, 1.54) is 25.0 Å². The van der Waals surface area contributed by atoms with Crippen LogP contribution >= 0.6 is 0 Å². The van der Waals surface area contributed by atoms with E-state index in [2.05, 4.69) is 17.1 Å². The zero-order valence-corrected chi connectivity index (χ0v) is 16.3. The van der Waals surface area contributed by atoms with E-state index in [1.54, 1.807) is 7.11 Å². The topological polar surface area (TPSA) is 40.1 Å². The first-order valence-electron chi connectivity index (χ1n) is 9.79. The lowest BCUT2D eigenvalue weighted by molar-refractivity contribution is 0.174. The van der Waals surface area contributed by atoms with Crippen LogP contribution in [0.3, 0.4) is 0 Å². The first-order chi connectivity index (χ1) is 13.1. The molecule has 3 rings (SSSR count). The van der Waals surface area contributed by atoms with Gasteiger partial charge in [0.2, 0.25) is 0 Å². The molecule has 5 nitrogen and oxygen atoms in total. The van der Waals surface area contributed by atoms with Crippen molar-refractivity contribution >= 4 is 11.6 Å². The normalized spacial score (nSPS) is 19.3. The van der Waals surface area contributed by atoms with E-state index >= 15 is 0 Å². The van der Waals surface area contributed by atoms with Gasteiger partial charge in [-0.25, -0.2) is 8.78 Å². The van der Waals surface area contributed by atoms with E-state index in [1.807, 2.05) is 4.90 Å². The molecule has 150 valence electrons. The van der Waals surface area contributed by atoms with Crippen molar-refractivity contribution in [2.24, 2.45) is 10.4 Å². The molecule has 0 aromatic heterocycles. The van der Waals surface area contributed by atoms with E-state index in [4.69, 9.17) is 9.73 Å². The predicted molar refractivity (Wildman–Crippen MR) is 104 cm³/mol. The molecule has 27 heavy (non-hydrogen) atoms. The molecule has 7 heteroatoms. The Bertz CT molecular complexity index is 655. The molecule has 1 saturated carbocycles. The average molecular weight is 380 g/mol. The number of benzene rings is 1. The monoisotopic (exact) mass is 380 g/mol. The predicted octanol–water partition coefficient (Wildman–Crippen LogP) is 2.87. The molecule has 1 aliphatic heterocycles. The minimum absolute atomic E-state index is 0.309. The third-order valence-electron chi connectivity index (χ3n) is 5.52. The molecular formula is C20H30F2N4O. The van der Waals surface area contributed by atoms with Gasteiger partial charge < -0.3 is 19.9 Å². The number of rotatable bonds is 7. The van der Waals surface area contributed by atoms with Gasteiger partial charge >= 0.3 is 0 Å². The van der Waals surface area contributed by atoms with E-state index < -0.39 is 5.82 Å². The lowest BCUT2D eigenvalue weighted by atomic mass is 10.0. The van der Waals surface area contributed by atoms with E-state index in [9.17, 15) is 8.78 Å². The zero-order valence-electron chi connectivity index (χ0n) is 16.3. The van der Waals surface area contributed by atoms with Crippen molar-refractivity contribution in [3.8, 4) is 0 Å². The summed E-state index contributed by atoms with van der Waals surface area (Å²) in [6.07, 6.45) is 3.48. The number of methoxy groups -OCH3 is 1. The molecule has 2 fully saturated rings. The summed E-state index contributed by atoms with van der Waals surface area (Å²) in [7, 11) is 1.74. The molecule has 0 spiro atoms. The molecule has 1 aliphatic carbocycles. The summed E-state index contributed by atoms with van der Waals surface area (Å²) in [6, 6.07) is 3.62. The van der Waals surface area contributed by atoms with Gasteiger partial charge in [0.05, 0.1) is 5.69 Å². The number of nitrogens with zero attached hydrogens (tertiary/aromatic N) is 3. The fourth-order valence-electron chi connectivity index (χ4n) is 3.54. The molecule has 0 atom stereocenters. The fourth-order valence-corrected chi connectivity index (χ4v) is 3.54. The van der Waals surface area contributed by atoms with Crippen molar-refractivity contribution in [2.75, 3.05) is 57.9 Å². The number of guanidine groups is 1. The van der Waals surface area contributed by atoms with Gasteiger partial charge in [0.1, 0.15) is 11.6 Å². The number of hydrogen-bond acceptors (Lipinski definition) is 3. The van der Waals surface area contributed by atoms with Gasteiger partial charge in [0.25, 0.3) is 0 Å². The maximum absolute atomic E-state index is 14.0. The minimum Gasteiger partial charge on any atom is -0.385 e. The number of aliphatic imine (C=N–C) groups is 1. The van der Waals surface area contributed by atoms with Crippen LogP contribution in [0.4, 0.5) is 14.5 Å². The van der Waals surface area contributed by atoms with Crippen LogP contribution in [-0.4, -0.2) is 63.8 Å². The number of anilines is 1. The second kappa shape index (κ2) is 8.87. The lowest BCUT2D eigenvalue weighted by Gasteiger charge is -2.38. The molecule has 1 aromatic carbocycles. The molecule has 0 unspecified atom stereocenters. The van der Waals surface area contributed by atoms with Gasteiger partial charge in [-0.3, -0.25) is 4.99 Å². The summed E-state index contributed by atoms with van der Waals surface area (Å²) in [5.74, 6) is 0.134. The Morgan fingerprint density at radius 3 is 2.59 bits per heavy atom. The molecule has 0 bridgehead atoms. The van der Waals surface area contributed by atoms with Crippen molar-refractivity contribution < 1.29 is 13.5 Å². The van der Waals surface area contributed by atoms with Crippen LogP contribution in [0.25, 0.3) is 0 Å². The van der Waals surface area contributed by atoms with Crippen molar-refractivity contribution in [3.63, 3.8) is 0 Å². The van der Waals surface area contributed by atoms with E-state index in [0.29, 0.717) is 24.2 Å². The SMILES string of the molecule is CCNC(=NCC1(CCOC)CC1)N1CCN(c2cc(F)ccc2F)CC1. The van der Waals surface area contributed by atoms with E-state index in [0.717, 1.165) is 51.2 Å². The fraction of sp³-hybridized carbons (Fsp3) is 0.650. The zero-order chi connectivity index (χ0) is 19.3. The molecule has 2 aliphatic rings. The van der Waals surface area contributed by atoms with Crippen LogP contribution in [0.2, 0.25) is 0 Å². The smallest absolute Gasteiger partial charge is 0.194 e. The molecule has 0 amide bonds. The highest BCUT2D eigenvalue weighted by atomic mass is 19.1. The van der Waals surface area contributed by atoms with Gasteiger partial charge in [-0.1, -0.05) is 0 Å². The lowest BCUT2D eigenvalue weighted by Crippen LogP contribution is -2.53. The highest BCUT2D eigenvalue weighted by Gasteiger charge is 2.42.